The summed E-state index contributed by atoms with van der Waals surface area (Å²) < 4.78 is 1.64. The highest BCUT2D eigenvalue weighted by Gasteiger charge is 2.14. The first-order valence-electron chi connectivity index (χ1n) is 5.21. The highest BCUT2D eigenvalue weighted by atomic mass is 35.5. The van der Waals surface area contributed by atoms with E-state index in [4.69, 9.17) is 11.6 Å². The lowest BCUT2D eigenvalue weighted by molar-refractivity contribution is 0.895. The Bertz CT molecular complexity index is 638. The van der Waals surface area contributed by atoms with Gasteiger partial charge in [-0.15, -0.1) is 0 Å². The number of allylic oxidation sites excluding steroid dienone is 2. The summed E-state index contributed by atoms with van der Waals surface area (Å²) in [7, 11) is 0. The Labute approximate surface area is 96.6 Å². The summed E-state index contributed by atoms with van der Waals surface area (Å²) in [4.78, 5) is 18.8. The smallest absolute Gasteiger partial charge is 0.304 e. The molecule has 0 saturated carbocycles. The van der Waals surface area contributed by atoms with Crippen LogP contribution in [0.15, 0.2) is 23.1 Å². The van der Waals surface area contributed by atoms with Crippen LogP contribution >= 0.6 is 11.6 Å². The van der Waals surface area contributed by atoms with Crippen LogP contribution in [0.25, 0.3) is 16.9 Å². The summed E-state index contributed by atoms with van der Waals surface area (Å²) in [6, 6.07) is 1.72. The molecule has 0 amide bonds. The molecular formula is C11H10ClN3O. The van der Waals surface area contributed by atoms with Crippen molar-refractivity contribution in [3.05, 3.63) is 33.8 Å². The van der Waals surface area contributed by atoms with Gasteiger partial charge in [-0.2, -0.15) is 0 Å². The van der Waals surface area contributed by atoms with Crippen molar-refractivity contribution in [1.29, 1.82) is 0 Å². The Morgan fingerprint density at radius 2 is 2.38 bits per heavy atom. The number of rotatable bonds is 1. The summed E-state index contributed by atoms with van der Waals surface area (Å²) in [5.41, 5.74) is 2.23. The van der Waals surface area contributed by atoms with Gasteiger partial charge in [0.1, 0.15) is 0 Å². The molecule has 0 spiro atoms. The monoisotopic (exact) mass is 235 g/mol. The van der Waals surface area contributed by atoms with E-state index < -0.39 is 0 Å². The third-order valence-electron chi connectivity index (χ3n) is 2.79. The van der Waals surface area contributed by atoms with E-state index in [0.29, 0.717) is 16.2 Å². The van der Waals surface area contributed by atoms with Gasteiger partial charge in [-0.1, -0.05) is 17.7 Å². The molecule has 1 aliphatic rings. The quantitative estimate of drug-likeness (QED) is 0.825. The third kappa shape index (κ3) is 1.38. The Balaban J connectivity index is 2.31. The van der Waals surface area contributed by atoms with E-state index in [2.05, 4.69) is 16.0 Å². The van der Waals surface area contributed by atoms with Gasteiger partial charge in [-0.3, -0.25) is 0 Å². The predicted molar refractivity (Wildman–Crippen MR) is 63.5 cm³/mol. The van der Waals surface area contributed by atoms with Gasteiger partial charge in [-0.25, -0.2) is 14.3 Å². The first kappa shape index (κ1) is 9.66. The van der Waals surface area contributed by atoms with Crippen molar-refractivity contribution in [2.24, 2.45) is 0 Å². The molecule has 0 unspecified atom stereocenters. The number of fused-ring (bicyclic) bond motifs is 1. The molecule has 0 aromatic carbocycles. The lowest BCUT2D eigenvalue weighted by atomic mass is 10.3. The van der Waals surface area contributed by atoms with Gasteiger partial charge >= 0.3 is 5.69 Å². The van der Waals surface area contributed by atoms with Crippen LogP contribution in [0, 0.1) is 0 Å². The molecule has 0 radical (unpaired) electrons. The van der Waals surface area contributed by atoms with Crippen molar-refractivity contribution in [2.45, 2.75) is 19.3 Å². The number of imidazole rings is 1. The fourth-order valence-electron chi connectivity index (χ4n) is 2.09. The number of nitrogens with one attached hydrogen (secondary N) is 1. The van der Waals surface area contributed by atoms with Gasteiger partial charge in [0.05, 0.1) is 10.5 Å². The van der Waals surface area contributed by atoms with Gasteiger partial charge < -0.3 is 4.98 Å². The van der Waals surface area contributed by atoms with E-state index in [9.17, 15) is 4.79 Å². The molecule has 2 heterocycles. The van der Waals surface area contributed by atoms with Crippen LogP contribution in [0.2, 0.25) is 5.02 Å². The topological polar surface area (TPSA) is 50.7 Å². The standard InChI is InChI=1S/C11H10ClN3O/c12-7-5-9-10(13-6-7)15(11(16)14-9)8-3-1-2-4-8/h3,5-6H,1-2,4H2,(H,14,16). The number of aromatic nitrogens is 3. The molecule has 0 bridgehead atoms. The van der Waals surface area contributed by atoms with Crippen molar-refractivity contribution >= 4 is 28.5 Å². The molecule has 16 heavy (non-hydrogen) atoms. The molecule has 0 saturated heterocycles. The van der Waals surface area contributed by atoms with E-state index in [-0.39, 0.29) is 5.69 Å². The molecule has 4 nitrogen and oxygen atoms in total. The van der Waals surface area contributed by atoms with E-state index in [1.807, 2.05) is 0 Å². The highest BCUT2D eigenvalue weighted by Crippen LogP contribution is 2.24. The fourth-order valence-corrected chi connectivity index (χ4v) is 2.25. The normalized spacial score (nSPS) is 15.7. The number of hydrogen-bond acceptors (Lipinski definition) is 2. The second-order valence-corrected chi connectivity index (χ2v) is 4.31. The van der Waals surface area contributed by atoms with Crippen molar-refractivity contribution in [2.75, 3.05) is 0 Å². The van der Waals surface area contributed by atoms with E-state index in [1.54, 1.807) is 16.8 Å². The SMILES string of the molecule is O=c1[nH]c2cc(Cl)cnc2n1C1=CCCC1. The third-order valence-corrected chi connectivity index (χ3v) is 3.00. The molecule has 82 valence electrons. The molecule has 2 aromatic rings. The highest BCUT2D eigenvalue weighted by molar-refractivity contribution is 6.31. The number of nitrogens with zero attached hydrogens (tertiary/aromatic N) is 2. The molecular weight excluding hydrogens is 226 g/mol. The number of halogens is 1. The lowest BCUT2D eigenvalue weighted by Crippen LogP contribution is -2.15. The molecule has 1 N–H and O–H groups in total. The zero-order valence-electron chi connectivity index (χ0n) is 8.53. The maximum absolute atomic E-state index is 11.8. The van der Waals surface area contributed by atoms with Crippen molar-refractivity contribution in [3.8, 4) is 0 Å². The molecule has 0 atom stereocenters. The summed E-state index contributed by atoms with van der Waals surface area (Å²) in [6.45, 7) is 0. The van der Waals surface area contributed by atoms with Crippen LogP contribution < -0.4 is 5.69 Å². The number of hydrogen-bond donors (Lipinski definition) is 1. The van der Waals surface area contributed by atoms with E-state index >= 15 is 0 Å². The Hall–Kier alpha value is -1.55. The maximum atomic E-state index is 11.8. The van der Waals surface area contributed by atoms with Crippen LogP contribution in [-0.4, -0.2) is 14.5 Å². The first-order valence-corrected chi connectivity index (χ1v) is 5.59. The van der Waals surface area contributed by atoms with Gasteiger partial charge in [0.25, 0.3) is 0 Å². The second-order valence-electron chi connectivity index (χ2n) is 3.88. The molecule has 2 aromatic heterocycles. The average molecular weight is 236 g/mol. The van der Waals surface area contributed by atoms with Crippen LogP contribution in [-0.2, 0) is 0 Å². The van der Waals surface area contributed by atoms with E-state index in [1.165, 1.54) is 0 Å². The number of pyridine rings is 1. The van der Waals surface area contributed by atoms with Gasteiger partial charge in [-0.05, 0) is 25.3 Å². The van der Waals surface area contributed by atoms with Gasteiger partial charge in [0, 0.05) is 11.9 Å². The minimum Gasteiger partial charge on any atom is -0.304 e. The second kappa shape index (κ2) is 3.49. The molecule has 5 heteroatoms. The zero-order valence-corrected chi connectivity index (χ0v) is 9.29. The van der Waals surface area contributed by atoms with Crippen molar-refractivity contribution in [1.82, 2.24) is 14.5 Å². The van der Waals surface area contributed by atoms with Gasteiger partial charge in [0.2, 0.25) is 0 Å². The Morgan fingerprint density at radius 3 is 3.12 bits per heavy atom. The predicted octanol–water partition coefficient (Wildman–Crippen LogP) is 2.40. The molecule has 1 aliphatic carbocycles. The first-order chi connectivity index (χ1) is 7.75. The van der Waals surface area contributed by atoms with Crippen molar-refractivity contribution < 1.29 is 0 Å². The minimum absolute atomic E-state index is 0.141. The number of aromatic amines is 1. The summed E-state index contributed by atoms with van der Waals surface area (Å²) in [5, 5.41) is 0.529. The van der Waals surface area contributed by atoms with Crippen LogP contribution in [0.3, 0.4) is 0 Å². The lowest BCUT2D eigenvalue weighted by Gasteiger charge is -2.02. The van der Waals surface area contributed by atoms with Crippen LogP contribution in [0.5, 0.6) is 0 Å². The Kier molecular flexibility index (Phi) is 2.11. The zero-order chi connectivity index (χ0) is 11.1. The maximum Gasteiger partial charge on any atom is 0.332 e. The minimum atomic E-state index is -0.141. The molecule has 0 aliphatic heterocycles. The summed E-state index contributed by atoms with van der Waals surface area (Å²) in [6.07, 6.45) is 6.70. The summed E-state index contributed by atoms with van der Waals surface area (Å²) in [5.74, 6) is 0. The van der Waals surface area contributed by atoms with Gasteiger partial charge in [0.15, 0.2) is 5.65 Å². The molecule has 0 fully saturated rings. The van der Waals surface area contributed by atoms with Crippen LogP contribution in [0.1, 0.15) is 19.3 Å². The van der Waals surface area contributed by atoms with E-state index in [0.717, 1.165) is 25.0 Å². The number of H-pyrrole nitrogens is 1. The summed E-state index contributed by atoms with van der Waals surface area (Å²) >= 11 is 5.83. The largest absolute Gasteiger partial charge is 0.332 e. The van der Waals surface area contributed by atoms with Crippen LogP contribution in [0.4, 0.5) is 0 Å². The Morgan fingerprint density at radius 1 is 1.50 bits per heavy atom. The average Bonchev–Trinajstić information content (AvgIpc) is 2.83. The van der Waals surface area contributed by atoms with Crippen molar-refractivity contribution in [3.63, 3.8) is 0 Å². The fraction of sp³-hybridized carbons (Fsp3) is 0.273. The molecule has 3 rings (SSSR count).